The van der Waals surface area contributed by atoms with Crippen LogP contribution < -0.4 is 0 Å². The van der Waals surface area contributed by atoms with E-state index in [2.05, 4.69) is 0 Å². The van der Waals surface area contributed by atoms with Crippen molar-refractivity contribution in [2.24, 2.45) is 0 Å². The number of benzene rings is 1. The normalized spacial score (nSPS) is 12.8. The Balaban J connectivity index is 2.47. The van der Waals surface area contributed by atoms with Gasteiger partial charge in [0.2, 0.25) is 6.29 Å². The highest BCUT2D eigenvalue weighted by atomic mass is 19.1. The van der Waals surface area contributed by atoms with Gasteiger partial charge in [-0.05, 0) is 18.6 Å². The van der Waals surface area contributed by atoms with Crippen molar-refractivity contribution in [2.75, 3.05) is 13.2 Å². The summed E-state index contributed by atoms with van der Waals surface area (Å²) in [5, 5.41) is 19.7. The van der Waals surface area contributed by atoms with Crippen LogP contribution in [-0.4, -0.2) is 18.3 Å². The van der Waals surface area contributed by atoms with Crippen molar-refractivity contribution in [1.29, 1.82) is 0 Å². The van der Waals surface area contributed by atoms with Gasteiger partial charge in [0.1, 0.15) is 5.82 Å². The van der Waals surface area contributed by atoms with Crippen LogP contribution >= 0.6 is 0 Å². The summed E-state index contributed by atoms with van der Waals surface area (Å²) in [5.41, 5.74) is 0.267. The third-order valence-electron chi connectivity index (χ3n) is 1.69. The predicted molar refractivity (Wildman–Crippen MR) is 47.5 cm³/mol. The van der Waals surface area contributed by atoms with E-state index >= 15 is 0 Å². The summed E-state index contributed by atoms with van der Waals surface area (Å²) in [4.78, 5) is 0. The van der Waals surface area contributed by atoms with E-state index in [4.69, 9.17) is 9.84 Å². The molecule has 0 aliphatic carbocycles. The van der Waals surface area contributed by atoms with Gasteiger partial charge in [0.15, 0.2) is 0 Å². The molecule has 4 heteroatoms. The smallest absolute Gasteiger partial charge is 0.217 e. The second-order valence-corrected chi connectivity index (χ2v) is 2.83. The van der Waals surface area contributed by atoms with E-state index in [1.807, 2.05) is 0 Å². The molecule has 0 spiro atoms. The molecule has 1 aromatic carbocycles. The lowest BCUT2D eigenvalue weighted by Gasteiger charge is -2.09. The van der Waals surface area contributed by atoms with Crippen LogP contribution in [0.3, 0.4) is 0 Å². The molecule has 1 aromatic rings. The highest BCUT2D eigenvalue weighted by Crippen LogP contribution is 2.15. The highest BCUT2D eigenvalue weighted by Gasteiger charge is 2.09. The second kappa shape index (κ2) is 5.70. The van der Waals surface area contributed by atoms with Crippen molar-refractivity contribution in [3.63, 3.8) is 0 Å². The van der Waals surface area contributed by atoms with E-state index in [-0.39, 0.29) is 18.8 Å². The van der Waals surface area contributed by atoms with Crippen LogP contribution in [0.15, 0.2) is 24.3 Å². The minimum Gasteiger partial charge on any atom is -0.396 e. The first-order valence-corrected chi connectivity index (χ1v) is 4.38. The quantitative estimate of drug-likeness (QED) is 0.579. The highest BCUT2D eigenvalue weighted by molar-refractivity contribution is 5.17. The van der Waals surface area contributed by atoms with Crippen LogP contribution in [0, 0.1) is 5.82 Å². The number of rotatable bonds is 5. The average molecular weight is 199 g/mol. The third-order valence-corrected chi connectivity index (χ3v) is 1.69. The summed E-state index contributed by atoms with van der Waals surface area (Å²) in [6.07, 6.45) is -0.967. The maximum absolute atomic E-state index is 12.7. The topological polar surface area (TPSA) is 49.4 Å². The van der Waals surface area contributed by atoms with Crippen LogP contribution in [0.1, 0.15) is 18.3 Å². The molecule has 0 fully saturated rings. The summed E-state index contributed by atoms with van der Waals surface area (Å²) in [7, 11) is 0. The van der Waals surface area contributed by atoms with Gasteiger partial charge in [-0.2, -0.15) is 5.11 Å². The Labute approximate surface area is 81.8 Å². The second-order valence-electron chi connectivity index (χ2n) is 2.83. The van der Waals surface area contributed by atoms with Crippen LogP contribution in [0.2, 0.25) is 0 Å². The van der Waals surface area contributed by atoms with Gasteiger partial charge in [0.25, 0.3) is 0 Å². The maximum Gasteiger partial charge on any atom is 0.217 e. The maximum atomic E-state index is 12.7. The summed E-state index contributed by atoms with van der Waals surface area (Å²) in [6, 6.07) is 5.39. The molecule has 1 N–H and O–H groups in total. The number of halogens is 1. The Morgan fingerprint density at radius 2 is 2.29 bits per heavy atom. The fourth-order valence-corrected chi connectivity index (χ4v) is 1.00. The zero-order chi connectivity index (χ0) is 10.4. The van der Waals surface area contributed by atoms with E-state index in [1.165, 1.54) is 18.2 Å². The first kappa shape index (κ1) is 11.1. The number of aliphatic hydroxyl groups is 1. The number of aliphatic hydroxyl groups excluding tert-OH is 1. The van der Waals surface area contributed by atoms with Crippen molar-refractivity contribution < 1.29 is 19.3 Å². The van der Waals surface area contributed by atoms with Crippen LogP contribution in [0.4, 0.5) is 4.39 Å². The molecule has 0 bridgehead atoms. The Kier molecular flexibility index (Phi) is 4.52. The van der Waals surface area contributed by atoms with E-state index < -0.39 is 12.1 Å². The Morgan fingerprint density at radius 1 is 1.50 bits per heavy atom. The molecule has 1 unspecified atom stereocenters. The molecule has 0 heterocycles. The van der Waals surface area contributed by atoms with Crippen molar-refractivity contribution >= 4 is 0 Å². The van der Waals surface area contributed by atoms with Crippen molar-refractivity contribution in [3.8, 4) is 0 Å². The minimum absolute atomic E-state index is 0.0180. The van der Waals surface area contributed by atoms with E-state index in [1.54, 1.807) is 0 Å². The first-order chi connectivity index (χ1) is 6.74. The monoisotopic (exact) mass is 199 g/mol. The standard InChI is InChI=1S/C10H12FO3/c11-9-4-1-3-8(7-9)10(13)14-6-2-5-12/h1,3-4,7,10,12H,2,5-6H2. The van der Waals surface area contributed by atoms with Crippen molar-refractivity contribution in [1.82, 2.24) is 0 Å². The molecule has 0 aliphatic rings. The lowest BCUT2D eigenvalue weighted by Crippen LogP contribution is -2.04. The van der Waals surface area contributed by atoms with Crippen molar-refractivity contribution in [3.05, 3.63) is 35.6 Å². The number of ether oxygens (including phenoxy) is 1. The molecule has 3 nitrogen and oxygen atoms in total. The Morgan fingerprint density at radius 3 is 2.93 bits per heavy atom. The molecule has 1 atom stereocenters. The lowest BCUT2D eigenvalue weighted by molar-refractivity contribution is -0.146. The van der Waals surface area contributed by atoms with Gasteiger partial charge in [0, 0.05) is 12.2 Å². The number of hydrogen-bond donors (Lipinski definition) is 1. The van der Waals surface area contributed by atoms with Gasteiger partial charge < -0.3 is 9.84 Å². The fourth-order valence-electron chi connectivity index (χ4n) is 1.00. The summed E-state index contributed by atoms with van der Waals surface area (Å²) < 4.78 is 17.5. The van der Waals surface area contributed by atoms with Crippen LogP contribution in [-0.2, 0) is 9.84 Å². The molecular weight excluding hydrogens is 187 g/mol. The summed E-state index contributed by atoms with van der Waals surface area (Å²) >= 11 is 0. The predicted octanol–water partition coefficient (Wildman–Crippen LogP) is 1.65. The molecule has 0 saturated carbocycles. The molecule has 1 rings (SSSR count). The molecule has 0 aliphatic heterocycles. The van der Waals surface area contributed by atoms with Gasteiger partial charge in [-0.3, -0.25) is 0 Å². The van der Waals surface area contributed by atoms with E-state index in [0.29, 0.717) is 6.42 Å². The number of hydrogen-bond acceptors (Lipinski definition) is 2. The van der Waals surface area contributed by atoms with Gasteiger partial charge >= 0.3 is 0 Å². The molecular formula is C10H12FO3. The third kappa shape index (κ3) is 3.41. The van der Waals surface area contributed by atoms with E-state index in [0.717, 1.165) is 6.07 Å². The Hall–Kier alpha value is -0.970. The van der Waals surface area contributed by atoms with E-state index in [9.17, 15) is 9.50 Å². The molecule has 0 saturated heterocycles. The van der Waals surface area contributed by atoms with Gasteiger partial charge in [0.05, 0.1) is 6.61 Å². The SMILES string of the molecule is [O]C(OCCCO)c1cccc(F)c1. The van der Waals surface area contributed by atoms with Crippen LogP contribution in [0.5, 0.6) is 0 Å². The Bertz CT molecular complexity index is 278. The van der Waals surface area contributed by atoms with Crippen LogP contribution in [0.25, 0.3) is 0 Å². The average Bonchev–Trinajstić information content (AvgIpc) is 2.18. The zero-order valence-electron chi connectivity index (χ0n) is 7.65. The summed E-state index contributed by atoms with van der Waals surface area (Å²) in [6.45, 7) is 0.164. The largest absolute Gasteiger partial charge is 0.396 e. The molecule has 77 valence electrons. The minimum atomic E-state index is -1.38. The molecule has 14 heavy (non-hydrogen) atoms. The van der Waals surface area contributed by atoms with Crippen molar-refractivity contribution in [2.45, 2.75) is 12.7 Å². The van der Waals surface area contributed by atoms with Gasteiger partial charge in [-0.15, -0.1) is 0 Å². The zero-order valence-corrected chi connectivity index (χ0v) is 7.65. The van der Waals surface area contributed by atoms with Gasteiger partial charge in [-0.1, -0.05) is 12.1 Å². The molecule has 0 amide bonds. The first-order valence-electron chi connectivity index (χ1n) is 4.38. The molecule has 1 radical (unpaired) electrons. The van der Waals surface area contributed by atoms with Gasteiger partial charge in [-0.25, -0.2) is 4.39 Å². The fraction of sp³-hybridized carbons (Fsp3) is 0.400. The lowest BCUT2D eigenvalue weighted by atomic mass is 10.2. The summed E-state index contributed by atoms with van der Waals surface area (Å²) in [5.74, 6) is -0.450. The molecule has 0 aromatic heterocycles.